The van der Waals surface area contributed by atoms with E-state index < -0.39 is 11.9 Å². The minimum Gasteiger partial charge on any atom is -0.545 e. The second-order valence-electron chi connectivity index (χ2n) is 4.20. The maximum absolute atomic E-state index is 10.8. The SMILES string of the molecule is CCCCCCCC/C(C(=O)[O-])=C(\C)C(=O)[O-].[Na+].[Na+]. The third-order valence-electron chi connectivity index (χ3n) is 2.79. The molecule has 0 radical (unpaired) electrons. The van der Waals surface area contributed by atoms with Crippen molar-refractivity contribution in [2.24, 2.45) is 0 Å². The summed E-state index contributed by atoms with van der Waals surface area (Å²) in [7, 11) is 0. The molecule has 0 aliphatic carbocycles. The zero-order valence-corrected chi connectivity index (χ0v) is 16.6. The van der Waals surface area contributed by atoms with Crippen LogP contribution >= 0.6 is 0 Å². The summed E-state index contributed by atoms with van der Waals surface area (Å²) in [6.07, 6.45) is 6.37. The van der Waals surface area contributed by atoms with E-state index in [0.717, 1.165) is 25.7 Å². The molecule has 0 aliphatic heterocycles. The van der Waals surface area contributed by atoms with E-state index in [0.29, 0.717) is 6.42 Å². The normalized spacial score (nSPS) is 10.8. The summed E-state index contributed by atoms with van der Waals surface area (Å²) in [5.41, 5.74) is -0.362. The fourth-order valence-electron chi connectivity index (χ4n) is 1.65. The van der Waals surface area contributed by atoms with Gasteiger partial charge in [-0.1, -0.05) is 39.0 Å². The summed E-state index contributed by atoms with van der Waals surface area (Å²) in [5.74, 6) is -2.84. The van der Waals surface area contributed by atoms with Gasteiger partial charge in [-0.05, 0) is 30.9 Å². The molecule has 0 N–H and O–H groups in total. The van der Waals surface area contributed by atoms with Crippen LogP contribution in [0.15, 0.2) is 11.1 Å². The molecule has 0 spiro atoms. The second kappa shape index (κ2) is 15.1. The van der Waals surface area contributed by atoms with Gasteiger partial charge in [-0.25, -0.2) is 0 Å². The zero-order valence-electron chi connectivity index (χ0n) is 12.6. The molecular formula is C13H20Na2O4. The van der Waals surface area contributed by atoms with Crippen LogP contribution < -0.4 is 69.3 Å². The van der Waals surface area contributed by atoms with Crippen LogP contribution in [0.5, 0.6) is 0 Å². The Balaban J connectivity index is -0.00000128. The van der Waals surface area contributed by atoms with Crippen molar-refractivity contribution < 1.29 is 78.9 Å². The van der Waals surface area contributed by atoms with Crippen molar-refractivity contribution in [3.63, 3.8) is 0 Å². The van der Waals surface area contributed by atoms with E-state index in [-0.39, 0.29) is 76.7 Å². The molecule has 4 nitrogen and oxygen atoms in total. The van der Waals surface area contributed by atoms with E-state index in [2.05, 4.69) is 6.92 Å². The van der Waals surface area contributed by atoms with Crippen molar-refractivity contribution in [3.05, 3.63) is 11.1 Å². The quantitative estimate of drug-likeness (QED) is 0.241. The molecule has 98 valence electrons. The zero-order chi connectivity index (χ0) is 13.3. The maximum Gasteiger partial charge on any atom is 1.00 e. The Morgan fingerprint density at radius 3 is 1.74 bits per heavy atom. The van der Waals surface area contributed by atoms with Gasteiger partial charge >= 0.3 is 59.1 Å². The standard InChI is InChI=1S/C13H22O4.2Na/c1-3-4-5-6-7-8-9-11(13(16)17)10(2)12(14)15;;/h3-9H2,1-2H3,(H,14,15)(H,16,17);;/q;2*+1/p-2/b11-10-;;. The Hall–Kier alpha value is 0.680. The minimum absolute atomic E-state index is 0. The van der Waals surface area contributed by atoms with E-state index in [1.165, 1.54) is 13.3 Å². The van der Waals surface area contributed by atoms with Gasteiger partial charge in [-0.15, -0.1) is 0 Å². The Bertz CT molecular complexity index is 301. The van der Waals surface area contributed by atoms with Crippen LogP contribution in [0, 0.1) is 0 Å². The number of aliphatic carboxylic acids is 2. The van der Waals surface area contributed by atoms with Gasteiger partial charge in [0.15, 0.2) is 0 Å². The second-order valence-corrected chi connectivity index (χ2v) is 4.20. The van der Waals surface area contributed by atoms with Gasteiger partial charge in [0.1, 0.15) is 0 Å². The first-order valence-corrected chi connectivity index (χ1v) is 6.13. The van der Waals surface area contributed by atoms with Crippen molar-refractivity contribution in [1.82, 2.24) is 0 Å². The van der Waals surface area contributed by atoms with Crippen LogP contribution in [0.1, 0.15) is 58.8 Å². The number of hydrogen-bond donors (Lipinski definition) is 0. The number of carbonyl (C=O) groups is 2. The molecule has 0 aliphatic rings. The van der Waals surface area contributed by atoms with Crippen LogP contribution in [0.2, 0.25) is 0 Å². The number of carbonyl (C=O) groups excluding carboxylic acids is 2. The first-order chi connectivity index (χ1) is 8.00. The van der Waals surface area contributed by atoms with Gasteiger partial charge in [0.05, 0.1) is 11.9 Å². The molecule has 0 rings (SSSR count). The summed E-state index contributed by atoms with van der Waals surface area (Å²) in [5, 5.41) is 21.3. The van der Waals surface area contributed by atoms with Crippen LogP contribution in [-0.2, 0) is 9.59 Å². The van der Waals surface area contributed by atoms with Crippen LogP contribution in [-0.4, -0.2) is 11.9 Å². The van der Waals surface area contributed by atoms with Crippen molar-refractivity contribution in [1.29, 1.82) is 0 Å². The van der Waals surface area contributed by atoms with Gasteiger partial charge in [-0.3, -0.25) is 0 Å². The van der Waals surface area contributed by atoms with Crippen molar-refractivity contribution in [3.8, 4) is 0 Å². The summed E-state index contributed by atoms with van der Waals surface area (Å²) < 4.78 is 0. The van der Waals surface area contributed by atoms with Crippen molar-refractivity contribution >= 4 is 11.9 Å². The predicted molar refractivity (Wildman–Crippen MR) is 60.7 cm³/mol. The third-order valence-corrected chi connectivity index (χ3v) is 2.79. The fraction of sp³-hybridized carbons (Fsp3) is 0.692. The van der Waals surface area contributed by atoms with Crippen molar-refractivity contribution in [2.45, 2.75) is 58.8 Å². The van der Waals surface area contributed by atoms with Crippen LogP contribution in [0.25, 0.3) is 0 Å². The number of carboxylic acids is 2. The van der Waals surface area contributed by atoms with Crippen LogP contribution in [0.3, 0.4) is 0 Å². The molecule has 0 fully saturated rings. The molecule has 0 saturated carbocycles. The molecule has 0 unspecified atom stereocenters. The summed E-state index contributed by atoms with van der Waals surface area (Å²) >= 11 is 0. The maximum atomic E-state index is 10.8. The number of carboxylic acid groups (broad SMARTS) is 2. The molecule has 19 heavy (non-hydrogen) atoms. The summed E-state index contributed by atoms with van der Waals surface area (Å²) in [4.78, 5) is 21.3. The van der Waals surface area contributed by atoms with E-state index in [1.807, 2.05) is 0 Å². The molecule has 0 aromatic heterocycles. The van der Waals surface area contributed by atoms with Gasteiger partial charge in [0.25, 0.3) is 0 Å². The number of unbranched alkanes of at least 4 members (excludes halogenated alkanes) is 5. The van der Waals surface area contributed by atoms with E-state index in [4.69, 9.17) is 0 Å². The molecule has 0 amide bonds. The van der Waals surface area contributed by atoms with E-state index in [9.17, 15) is 19.8 Å². The molecule has 0 aromatic rings. The topological polar surface area (TPSA) is 80.3 Å². The summed E-state index contributed by atoms with van der Waals surface area (Å²) in [6, 6.07) is 0. The fourth-order valence-corrected chi connectivity index (χ4v) is 1.65. The monoisotopic (exact) mass is 286 g/mol. The minimum atomic E-state index is -1.44. The van der Waals surface area contributed by atoms with Gasteiger partial charge in [0, 0.05) is 0 Å². The number of hydrogen-bond acceptors (Lipinski definition) is 4. The predicted octanol–water partition coefficient (Wildman–Crippen LogP) is -5.44. The molecule has 0 atom stereocenters. The number of rotatable bonds is 9. The first-order valence-electron chi connectivity index (χ1n) is 6.13. The van der Waals surface area contributed by atoms with Crippen molar-refractivity contribution in [2.75, 3.05) is 0 Å². The van der Waals surface area contributed by atoms with E-state index in [1.54, 1.807) is 0 Å². The largest absolute Gasteiger partial charge is 1.00 e. The van der Waals surface area contributed by atoms with Gasteiger partial charge in [-0.2, -0.15) is 0 Å². The Labute approximate surface area is 159 Å². The van der Waals surface area contributed by atoms with E-state index >= 15 is 0 Å². The summed E-state index contributed by atoms with van der Waals surface area (Å²) in [6.45, 7) is 3.37. The van der Waals surface area contributed by atoms with Gasteiger partial charge < -0.3 is 19.8 Å². The first kappa shape index (κ1) is 24.7. The van der Waals surface area contributed by atoms with Gasteiger partial charge in [0.2, 0.25) is 0 Å². The Morgan fingerprint density at radius 1 is 0.842 bits per heavy atom. The Morgan fingerprint density at radius 2 is 1.32 bits per heavy atom. The third kappa shape index (κ3) is 12.2. The molecule has 0 heterocycles. The molecule has 0 saturated heterocycles. The van der Waals surface area contributed by atoms with Crippen LogP contribution in [0.4, 0.5) is 0 Å². The molecule has 0 aromatic carbocycles. The molecule has 0 bridgehead atoms. The average molecular weight is 286 g/mol. The smallest absolute Gasteiger partial charge is 0.545 e. The molecular weight excluding hydrogens is 266 g/mol. The Kier molecular flexibility index (Phi) is 19.6. The molecule has 6 heteroatoms. The average Bonchev–Trinajstić information content (AvgIpc) is 2.26.